The highest BCUT2D eigenvalue weighted by atomic mass is 79.9. The van der Waals surface area contributed by atoms with Crippen molar-refractivity contribution in [1.82, 2.24) is 31.1 Å². The summed E-state index contributed by atoms with van der Waals surface area (Å²) >= 11 is 6.42. The molecule has 10 amide bonds. The normalized spacial score (nSPS) is 23.0. The van der Waals surface area contributed by atoms with Crippen LogP contribution in [0.25, 0.3) is 0 Å². The number of methoxy groups -OCH3 is 1. The molecule has 7 heterocycles. The Morgan fingerprint density at radius 2 is 1.14 bits per heavy atom. The predicted octanol–water partition coefficient (Wildman–Crippen LogP) is 10.7. The molecule has 38 nitrogen and oxygen atoms in total. The number of aliphatic hydroxyl groups is 1. The molecule has 0 aromatic heterocycles. The molecule has 0 saturated carbocycles. The second kappa shape index (κ2) is 53.7. The number of Topliss-reactive ketones (excluding diaryl/α,β-unsaturated/α-hetero) is 3. The van der Waals surface area contributed by atoms with Gasteiger partial charge in [-0.05, 0) is 185 Å². The number of benzene rings is 4. The van der Waals surface area contributed by atoms with E-state index in [4.69, 9.17) is 61.6 Å². The lowest BCUT2D eigenvalue weighted by Crippen LogP contribution is -2.50. The van der Waals surface area contributed by atoms with E-state index in [-0.39, 0.29) is 255 Å². The lowest BCUT2D eigenvalue weighted by Gasteiger charge is -2.31. The van der Waals surface area contributed by atoms with Crippen molar-refractivity contribution >= 4 is 138 Å². The smallest absolute Gasteiger partial charge is 0.416 e. The first-order valence-corrected chi connectivity index (χ1v) is 47.4. The zero-order valence-corrected chi connectivity index (χ0v) is 82.1. The Labute approximate surface area is 808 Å². The molecule has 40 heteroatoms. The average Bonchev–Trinajstić information content (AvgIpc) is 1.59. The largest absolute Gasteiger partial charge is 0.493 e. The molecule has 136 heavy (non-hydrogen) atoms. The Balaban J connectivity index is 0.863. The predicted molar refractivity (Wildman–Crippen MR) is 505 cm³/mol. The number of amides is 10. The third kappa shape index (κ3) is 34.3. The minimum Gasteiger partial charge on any atom is -0.493 e. The van der Waals surface area contributed by atoms with Gasteiger partial charge < -0.3 is 108 Å². The molecule has 11 rings (SSSR count). The number of fused-ring (bicyclic) bond motifs is 4. The summed E-state index contributed by atoms with van der Waals surface area (Å²) in [5.74, 6) is -6.94. The highest BCUT2D eigenvalue weighted by Crippen LogP contribution is 2.43. The topological polar surface area (TPSA) is 464 Å². The fraction of sp³-hybridized carbons (Fsp3) is 0.562. The maximum absolute atomic E-state index is 14.6. The van der Waals surface area contributed by atoms with Gasteiger partial charge in [-0.25, -0.2) is 19.3 Å². The van der Waals surface area contributed by atoms with E-state index in [0.29, 0.717) is 66.6 Å². The van der Waals surface area contributed by atoms with Gasteiger partial charge >= 0.3 is 24.2 Å². The van der Waals surface area contributed by atoms with Crippen LogP contribution in [0.5, 0.6) is 17.2 Å². The number of carbonyl (C=O) groups is 14. The summed E-state index contributed by atoms with van der Waals surface area (Å²) in [6.07, 6.45) is -2.44. The van der Waals surface area contributed by atoms with Crippen LogP contribution in [0, 0.1) is 18.8 Å². The van der Waals surface area contributed by atoms with Crippen LogP contribution in [0.2, 0.25) is 0 Å². The molecular weight excluding hydrogens is 1900 g/mol. The van der Waals surface area contributed by atoms with Crippen molar-refractivity contribution in [2.24, 2.45) is 11.8 Å². The van der Waals surface area contributed by atoms with Gasteiger partial charge in [0.15, 0.2) is 35.1 Å². The van der Waals surface area contributed by atoms with Crippen LogP contribution in [0.3, 0.4) is 0 Å². The van der Waals surface area contributed by atoms with E-state index in [9.17, 15) is 72.2 Å². The zero-order chi connectivity index (χ0) is 98.8. The number of halogens is 2. The SMILES string of the molecule is C=C1C[C@H]2C(O)N3C(=O)OCc4ccc(cc4)NC(=O)[C@H](C)CC(=O)[C@H](C)NC(=O)CCOCCOCCOCCCC(=O)/C(Br)=C(/Br)C(=O)NCCOCCOCCOCCC(=O)N[C@@H](CCCCNC(=O)OC(C)(C)C)C(=O)C[C@@H](CC(=O)OC(C)(C)C)C(=O)Nc4ccc(cc4)COC(=O)N4C[C@@H]5CCCN5C(=O)c5cc(OC)c(cc54)OCCCOc4cc3c(cc4C)C(=O)N2C1. The Morgan fingerprint density at radius 3 is 1.76 bits per heavy atom. The molecule has 1 unspecified atom stereocenters. The van der Waals surface area contributed by atoms with Gasteiger partial charge in [0.2, 0.25) is 23.6 Å². The summed E-state index contributed by atoms with van der Waals surface area (Å²) in [5, 5.41) is 28.5. The molecule has 4 aromatic rings. The quantitative estimate of drug-likeness (QED) is 0.0373. The molecular formula is C96H128Br2N10O28. The van der Waals surface area contributed by atoms with Gasteiger partial charge in [0.05, 0.1) is 156 Å². The number of ketones is 3. The summed E-state index contributed by atoms with van der Waals surface area (Å²) in [5.41, 5.74) is 1.61. The Bertz CT molecular complexity index is 4890. The van der Waals surface area contributed by atoms with Crippen molar-refractivity contribution in [2.45, 2.75) is 207 Å². The number of carbonyl (C=O) groups excluding carboxylic acids is 14. The average molecular weight is 2030 g/mol. The van der Waals surface area contributed by atoms with Crippen LogP contribution >= 0.6 is 31.9 Å². The summed E-state index contributed by atoms with van der Waals surface area (Å²) < 4.78 is 75.0. The van der Waals surface area contributed by atoms with Crippen LogP contribution in [-0.2, 0) is 104 Å². The molecule has 0 spiro atoms. The van der Waals surface area contributed by atoms with Crippen molar-refractivity contribution in [3.63, 3.8) is 0 Å². The van der Waals surface area contributed by atoms with E-state index in [2.05, 4.69) is 70.3 Å². The number of aliphatic hydroxyl groups excluding tert-OH is 1. The van der Waals surface area contributed by atoms with Gasteiger partial charge in [0, 0.05) is 107 Å². The second-order valence-electron chi connectivity index (χ2n) is 35.5. The zero-order valence-electron chi connectivity index (χ0n) is 78.9. The van der Waals surface area contributed by atoms with Gasteiger partial charge in [-0.3, -0.25) is 57.6 Å². The van der Waals surface area contributed by atoms with Crippen molar-refractivity contribution < 1.29 is 134 Å². The molecule has 0 aliphatic carbocycles. The number of ether oxygens (including phenoxy) is 13. The molecule has 7 aliphatic heterocycles. The molecule has 7 atom stereocenters. The lowest BCUT2D eigenvalue weighted by atomic mass is 9.92. The van der Waals surface area contributed by atoms with Gasteiger partial charge in [0.1, 0.15) is 34.6 Å². The number of allylic oxidation sites excluding steroid dienone is 1. The van der Waals surface area contributed by atoms with Crippen LogP contribution in [0.15, 0.2) is 93.9 Å². The minimum atomic E-state index is -1.60. The summed E-state index contributed by atoms with van der Waals surface area (Å²) in [7, 11) is 1.42. The molecule has 7 N–H and O–H groups in total. The number of rotatable bonds is 8. The third-order valence-corrected chi connectivity index (χ3v) is 24.4. The van der Waals surface area contributed by atoms with Crippen LogP contribution in [-0.4, -0.2) is 272 Å². The van der Waals surface area contributed by atoms with Crippen molar-refractivity contribution in [3.05, 3.63) is 122 Å². The van der Waals surface area contributed by atoms with E-state index in [0.717, 1.165) is 4.90 Å². The summed E-state index contributed by atoms with van der Waals surface area (Å²) in [6, 6.07) is 15.6. The second-order valence-corrected chi connectivity index (χ2v) is 37.1. The van der Waals surface area contributed by atoms with E-state index >= 15 is 0 Å². The molecule has 8 bridgehead atoms. The van der Waals surface area contributed by atoms with Crippen molar-refractivity contribution in [2.75, 3.05) is 153 Å². The van der Waals surface area contributed by atoms with E-state index in [1.807, 2.05) is 0 Å². The van der Waals surface area contributed by atoms with Crippen LogP contribution in [0.4, 0.5) is 37.1 Å². The van der Waals surface area contributed by atoms with E-state index in [1.165, 1.54) is 36.0 Å². The highest BCUT2D eigenvalue weighted by Gasteiger charge is 2.47. The number of nitrogens with one attached hydrogen (secondary N) is 6. The van der Waals surface area contributed by atoms with Gasteiger partial charge in [0.25, 0.3) is 17.7 Å². The standard InChI is InChI=1S/C96H128Br2N10O28/c1-59-47-74-91(120)108-73-54-78(60(2)48-69(73)90(119)106(74)55-59)131-34-16-35-132-80-53-72-70(52-79(80)124-11)89(118)105-32-14-17-68(105)56-107(72)93(122)133-57-63-22-26-67(27-23-63)103-87(116)65(51-83(114)135-95(5,6)7)50-77(111)71(18-12-13-30-100-92(121)136-96(8,9)10)104-82(113)29-37-127-41-45-130-46-42-128-38-31-99-88(117)85(98)84(97)75(109)19-15-33-125-39-43-129-44-40-126-36-28-81(112)101-62(4)76(110)49-61(3)86(115)102-66-24-20-64(21-25-66)58-134-94(108)123/h20-27,48,52-54,61-62,65,68,71,74,91,120H,1,12-19,28-47,49-51,55-58H2,2-11H3,(H,99,117)(H,100,121)(H,101,112)(H,102,115)(H,103,116)(H,104,113)/b85-84-/t61-,62+,65+,68+,71+,74+,91?/m1/s1. The van der Waals surface area contributed by atoms with Gasteiger partial charge in [-0.2, -0.15) is 0 Å². The first kappa shape index (κ1) is 109. The van der Waals surface area contributed by atoms with Gasteiger partial charge in [-0.1, -0.05) is 43.3 Å². The number of unbranched alkanes of at least 4 members (excludes halogenated alkanes) is 1. The Morgan fingerprint density at radius 1 is 0.581 bits per heavy atom. The van der Waals surface area contributed by atoms with Crippen molar-refractivity contribution in [3.8, 4) is 17.2 Å². The summed E-state index contributed by atoms with van der Waals surface area (Å²) in [4.78, 5) is 197. The number of hydrogen-bond acceptors (Lipinski definition) is 28. The highest BCUT2D eigenvalue weighted by molar-refractivity contribution is 9.14. The number of hydrogen-bond donors (Lipinski definition) is 7. The minimum absolute atomic E-state index is 0.00119. The first-order valence-electron chi connectivity index (χ1n) is 45.8. The Hall–Kier alpha value is -11.0. The fourth-order valence-electron chi connectivity index (χ4n) is 15.2. The maximum atomic E-state index is 14.6. The van der Waals surface area contributed by atoms with Crippen LogP contribution in [0.1, 0.15) is 183 Å². The monoisotopic (exact) mass is 2030 g/mol. The third-order valence-electron chi connectivity index (χ3n) is 22.2. The number of esters is 1. The van der Waals surface area contributed by atoms with Gasteiger partial charge in [-0.15, -0.1) is 0 Å². The van der Waals surface area contributed by atoms with E-state index < -0.39 is 126 Å². The molecule has 2 fully saturated rings. The molecule has 2 saturated heterocycles. The molecule has 744 valence electrons. The van der Waals surface area contributed by atoms with Crippen molar-refractivity contribution in [1.29, 1.82) is 0 Å². The molecule has 7 aliphatic rings. The number of aryl methyl sites for hydroxylation is 1. The lowest BCUT2D eigenvalue weighted by molar-refractivity contribution is -0.157. The first-order chi connectivity index (χ1) is 64.8. The number of nitrogens with zero attached hydrogens (tertiary/aromatic N) is 4. The van der Waals surface area contributed by atoms with Crippen LogP contribution < -0.4 is 55.9 Å². The Kier molecular flexibility index (Phi) is 42.9. The molecule has 0 radical (unpaired) electrons. The molecule has 4 aromatic carbocycles. The maximum Gasteiger partial charge on any atom is 0.416 e. The fourth-order valence-corrected chi connectivity index (χ4v) is 16.0. The van der Waals surface area contributed by atoms with E-state index in [1.54, 1.807) is 121 Å². The number of anilines is 4. The summed E-state index contributed by atoms with van der Waals surface area (Å²) in [6.45, 7) is 21.3. The number of alkyl carbamates (subject to hydrolysis) is 1.